The molecule has 1 aromatic carbocycles. The highest BCUT2D eigenvalue weighted by Crippen LogP contribution is 2.42. The van der Waals surface area contributed by atoms with Gasteiger partial charge in [0.15, 0.2) is 0 Å². The summed E-state index contributed by atoms with van der Waals surface area (Å²) in [7, 11) is 2.16. The summed E-state index contributed by atoms with van der Waals surface area (Å²) in [5.74, 6) is 0. The summed E-state index contributed by atoms with van der Waals surface area (Å²) >= 11 is 6.18. The van der Waals surface area contributed by atoms with Gasteiger partial charge in [0.05, 0.1) is 0 Å². The fraction of sp³-hybridized carbons (Fsp3) is 0.600. The molecule has 0 aromatic heterocycles. The van der Waals surface area contributed by atoms with E-state index in [1.807, 2.05) is 18.2 Å². The molecule has 0 unspecified atom stereocenters. The van der Waals surface area contributed by atoms with Gasteiger partial charge in [-0.15, -0.1) is 0 Å². The molecule has 0 spiro atoms. The van der Waals surface area contributed by atoms with Crippen LogP contribution < -0.4 is 5.73 Å². The molecule has 0 bridgehead atoms. The Hall–Kier alpha value is -0.570. The van der Waals surface area contributed by atoms with E-state index in [9.17, 15) is 0 Å². The molecule has 1 aliphatic rings. The van der Waals surface area contributed by atoms with E-state index in [1.54, 1.807) is 0 Å². The van der Waals surface area contributed by atoms with Crippen LogP contribution in [0, 0.1) is 5.41 Å². The Morgan fingerprint density at radius 3 is 2.61 bits per heavy atom. The third kappa shape index (κ3) is 3.25. The van der Waals surface area contributed by atoms with E-state index < -0.39 is 0 Å². The molecule has 2 N–H and O–H groups in total. The maximum absolute atomic E-state index is 6.18. The minimum absolute atomic E-state index is 0.439. The van der Waals surface area contributed by atoms with Crippen LogP contribution in [-0.2, 0) is 6.54 Å². The monoisotopic (exact) mass is 266 g/mol. The van der Waals surface area contributed by atoms with Crippen molar-refractivity contribution in [3.63, 3.8) is 0 Å². The van der Waals surface area contributed by atoms with Gasteiger partial charge in [0.25, 0.3) is 0 Å². The molecule has 0 amide bonds. The van der Waals surface area contributed by atoms with Crippen LogP contribution in [-0.4, -0.2) is 25.0 Å². The molecule has 0 aliphatic heterocycles. The normalized spacial score (nSPS) is 17.8. The van der Waals surface area contributed by atoms with Crippen molar-refractivity contribution in [3.05, 3.63) is 34.9 Å². The zero-order chi connectivity index (χ0) is 13.0. The molecule has 18 heavy (non-hydrogen) atoms. The number of hydrogen-bond donors (Lipinski definition) is 1. The summed E-state index contributed by atoms with van der Waals surface area (Å²) in [5.41, 5.74) is 7.54. The summed E-state index contributed by atoms with van der Waals surface area (Å²) in [6.45, 7) is 2.86. The average molecular weight is 267 g/mol. The second kappa shape index (κ2) is 6.05. The second-order valence-electron chi connectivity index (χ2n) is 5.64. The third-order valence-corrected chi connectivity index (χ3v) is 4.64. The molecule has 1 aliphatic carbocycles. The van der Waals surface area contributed by atoms with Gasteiger partial charge in [-0.3, -0.25) is 0 Å². The van der Waals surface area contributed by atoms with Crippen molar-refractivity contribution in [2.75, 3.05) is 20.1 Å². The summed E-state index contributed by atoms with van der Waals surface area (Å²) in [6.07, 6.45) is 5.18. The molecule has 0 radical (unpaired) electrons. The minimum atomic E-state index is 0.439. The van der Waals surface area contributed by atoms with Crippen LogP contribution in [0.1, 0.15) is 31.2 Å². The lowest BCUT2D eigenvalue weighted by Gasteiger charge is -2.42. The van der Waals surface area contributed by atoms with E-state index in [2.05, 4.69) is 18.0 Å². The summed E-state index contributed by atoms with van der Waals surface area (Å²) in [6, 6.07) is 8.07. The van der Waals surface area contributed by atoms with E-state index in [0.29, 0.717) is 5.41 Å². The van der Waals surface area contributed by atoms with Crippen LogP contribution in [0.25, 0.3) is 0 Å². The Bertz CT molecular complexity index is 382. The summed E-state index contributed by atoms with van der Waals surface area (Å²) in [5, 5.41) is 0.863. The summed E-state index contributed by atoms with van der Waals surface area (Å²) in [4.78, 5) is 2.34. The highest BCUT2D eigenvalue weighted by molar-refractivity contribution is 6.31. The van der Waals surface area contributed by atoms with Crippen molar-refractivity contribution in [2.45, 2.75) is 32.2 Å². The van der Waals surface area contributed by atoms with Crippen molar-refractivity contribution < 1.29 is 0 Å². The molecule has 0 atom stereocenters. The van der Waals surface area contributed by atoms with Gasteiger partial charge in [-0.25, -0.2) is 0 Å². The van der Waals surface area contributed by atoms with Gasteiger partial charge in [0.1, 0.15) is 0 Å². The second-order valence-corrected chi connectivity index (χ2v) is 6.04. The number of rotatable bonds is 6. The Morgan fingerprint density at radius 2 is 2.06 bits per heavy atom. The molecule has 2 rings (SSSR count). The first kappa shape index (κ1) is 13.9. The number of hydrogen-bond acceptors (Lipinski definition) is 2. The van der Waals surface area contributed by atoms with Crippen LogP contribution in [0.3, 0.4) is 0 Å². The van der Waals surface area contributed by atoms with Crippen molar-refractivity contribution >= 4 is 11.6 Å². The molecule has 100 valence electrons. The first-order chi connectivity index (χ1) is 8.65. The molecule has 3 heteroatoms. The fourth-order valence-electron chi connectivity index (χ4n) is 2.66. The maximum Gasteiger partial charge on any atom is 0.0451 e. The van der Waals surface area contributed by atoms with E-state index in [0.717, 1.165) is 24.7 Å². The van der Waals surface area contributed by atoms with Gasteiger partial charge in [0, 0.05) is 11.6 Å². The van der Waals surface area contributed by atoms with Crippen LogP contribution in [0.5, 0.6) is 0 Å². The Morgan fingerprint density at radius 1 is 1.33 bits per heavy atom. The fourth-order valence-corrected chi connectivity index (χ4v) is 2.85. The lowest BCUT2D eigenvalue weighted by molar-refractivity contribution is 0.111. The number of nitrogens with two attached hydrogens (primary N) is 1. The largest absolute Gasteiger partial charge is 0.330 e. The number of halogens is 1. The molecular weight excluding hydrogens is 244 g/mol. The first-order valence-electron chi connectivity index (χ1n) is 6.77. The topological polar surface area (TPSA) is 29.3 Å². The van der Waals surface area contributed by atoms with Crippen molar-refractivity contribution in [3.8, 4) is 0 Å². The highest BCUT2D eigenvalue weighted by atomic mass is 35.5. The number of nitrogens with zero attached hydrogens (tertiary/aromatic N) is 1. The SMILES string of the molecule is CN(CCC1(CN)CCC1)Cc1ccccc1Cl. The van der Waals surface area contributed by atoms with Crippen LogP contribution in [0.4, 0.5) is 0 Å². The lowest BCUT2D eigenvalue weighted by Crippen LogP contribution is -2.39. The predicted octanol–water partition coefficient (Wildman–Crippen LogP) is 3.29. The zero-order valence-electron chi connectivity index (χ0n) is 11.2. The molecular formula is C15H23ClN2. The van der Waals surface area contributed by atoms with Crippen molar-refractivity contribution in [1.29, 1.82) is 0 Å². The highest BCUT2D eigenvalue weighted by Gasteiger charge is 2.35. The standard InChI is InChI=1S/C15H23ClN2/c1-18(10-9-15(12-17)7-4-8-15)11-13-5-2-3-6-14(13)16/h2-3,5-6H,4,7-12,17H2,1H3. The first-order valence-corrected chi connectivity index (χ1v) is 7.15. The molecule has 2 nitrogen and oxygen atoms in total. The molecule has 1 fully saturated rings. The smallest absolute Gasteiger partial charge is 0.0451 e. The molecule has 0 heterocycles. The van der Waals surface area contributed by atoms with Crippen molar-refractivity contribution in [2.24, 2.45) is 11.1 Å². The third-order valence-electron chi connectivity index (χ3n) is 4.27. The Balaban J connectivity index is 1.82. The summed E-state index contributed by atoms with van der Waals surface area (Å²) < 4.78 is 0. The van der Waals surface area contributed by atoms with Gasteiger partial charge >= 0.3 is 0 Å². The predicted molar refractivity (Wildman–Crippen MR) is 77.7 cm³/mol. The van der Waals surface area contributed by atoms with E-state index in [-0.39, 0.29) is 0 Å². The molecule has 1 aromatic rings. The zero-order valence-corrected chi connectivity index (χ0v) is 11.9. The van der Waals surface area contributed by atoms with Gasteiger partial charge in [-0.2, -0.15) is 0 Å². The maximum atomic E-state index is 6.18. The van der Waals surface area contributed by atoms with E-state index >= 15 is 0 Å². The lowest BCUT2D eigenvalue weighted by atomic mass is 9.66. The van der Waals surface area contributed by atoms with Gasteiger partial charge < -0.3 is 10.6 Å². The van der Waals surface area contributed by atoms with Gasteiger partial charge in [0.2, 0.25) is 0 Å². The van der Waals surface area contributed by atoms with Crippen LogP contribution >= 0.6 is 11.6 Å². The molecule has 0 saturated heterocycles. The van der Waals surface area contributed by atoms with E-state index in [4.69, 9.17) is 17.3 Å². The average Bonchev–Trinajstić information content (AvgIpc) is 2.31. The quantitative estimate of drug-likeness (QED) is 0.856. The van der Waals surface area contributed by atoms with Crippen LogP contribution in [0.15, 0.2) is 24.3 Å². The van der Waals surface area contributed by atoms with Gasteiger partial charge in [-0.1, -0.05) is 36.2 Å². The Labute approximate surface area is 115 Å². The van der Waals surface area contributed by atoms with Crippen molar-refractivity contribution in [1.82, 2.24) is 4.90 Å². The molecule has 1 saturated carbocycles. The van der Waals surface area contributed by atoms with Crippen LogP contribution in [0.2, 0.25) is 5.02 Å². The Kier molecular flexibility index (Phi) is 4.66. The van der Waals surface area contributed by atoms with Gasteiger partial charge in [-0.05, 0) is 56.4 Å². The number of benzene rings is 1. The minimum Gasteiger partial charge on any atom is -0.330 e. The van der Waals surface area contributed by atoms with E-state index in [1.165, 1.54) is 31.2 Å².